The van der Waals surface area contributed by atoms with Crippen molar-refractivity contribution in [2.75, 3.05) is 12.3 Å². The fourth-order valence-electron chi connectivity index (χ4n) is 1.91. The summed E-state index contributed by atoms with van der Waals surface area (Å²) < 4.78 is 5.53. The molecule has 0 aromatic carbocycles. The molecule has 1 aliphatic rings. The van der Waals surface area contributed by atoms with Crippen LogP contribution in [0.5, 0.6) is 0 Å². The van der Waals surface area contributed by atoms with Crippen molar-refractivity contribution >= 4 is 16.9 Å². The molecule has 1 unspecified atom stereocenters. The molecule has 3 N–H and O–H groups in total. The number of hydrogen-bond donors (Lipinski definition) is 2. The van der Waals surface area contributed by atoms with Gasteiger partial charge >= 0.3 is 0 Å². The summed E-state index contributed by atoms with van der Waals surface area (Å²) >= 11 is 0. The van der Waals surface area contributed by atoms with Crippen molar-refractivity contribution in [3.05, 3.63) is 18.1 Å². The van der Waals surface area contributed by atoms with Gasteiger partial charge in [0.05, 0.1) is 5.39 Å². The van der Waals surface area contributed by atoms with E-state index in [1.54, 1.807) is 0 Å². The van der Waals surface area contributed by atoms with Gasteiger partial charge in [-0.15, -0.1) is 0 Å². The van der Waals surface area contributed by atoms with Crippen molar-refractivity contribution in [2.45, 2.75) is 18.9 Å². The Balaban J connectivity index is 2.11. The third-order valence-electron chi connectivity index (χ3n) is 2.68. The molecule has 1 aliphatic heterocycles. The molecular formula is C10H12N4O. The molecule has 0 aliphatic carbocycles. The lowest BCUT2D eigenvalue weighted by Crippen LogP contribution is -2.05. The van der Waals surface area contributed by atoms with E-state index in [2.05, 4.69) is 15.0 Å². The van der Waals surface area contributed by atoms with E-state index in [1.165, 1.54) is 0 Å². The van der Waals surface area contributed by atoms with Crippen LogP contribution in [0, 0.1) is 0 Å². The Kier molecular flexibility index (Phi) is 1.85. The molecule has 5 nitrogen and oxygen atoms in total. The normalized spacial score (nSPS) is 21.2. The number of aromatic nitrogens is 3. The van der Waals surface area contributed by atoms with Gasteiger partial charge < -0.3 is 15.5 Å². The minimum Gasteiger partial charge on any atom is -0.383 e. The molecule has 2 aromatic heterocycles. The average Bonchev–Trinajstić information content (AvgIpc) is 2.88. The highest BCUT2D eigenvalue weighted by molar-refractivity contribution is 5.85. The Labute approximate surface area is 86.7 Å². The maximum absolute atomic E-state index is 5.84. The number of nitrogen functional groups attached to an aromatic ring is 1. The molecule has 0 amide bonds. The predicted molar refractivity (Wildman–Crippen MR) is 56.2 cm³/mol. The van der Waals surface area contributed by atoms with Crippen LogP contribution in [0.4, 0.5) is 5.82 Å². The molecule has 5 heteroatoms. The second kappa shape index (κ2) is 3.20. The number of nitrogens with two attached hydrogens (primary N) is 1. The first-order chi connectivity index (χ1) is 7.34. The molecule has 2 aromatic rings. The van der Waals surface area contributed by atoms with Gasteiger partial charge in [0.25, 0.3) is 0 Å². The van der Waals surface area contributed by atoms with E-state index in [9.17, 15) is 0 Å². The highest BCUT2D eigenvalue weighted by atomic mass is 16.5. The second-order valence-corrected chi connectivity index (χ2v) is 3.71. The van der Waals surface area contributed by atoms with Crippen LogP contribution in [-0.4, -0.2) is 21.6 Å². The number of nitrogens with one attached hydrogen (secondary N) is 1. The number of rotatable bonds is 1. The summed E-state index contributed by atoms with van der Waals surface area (Å²) in [6, 6.07) is 1.88. The molecule has 0 radical (unpaired) electrons. The van der Waals surface area contributed by atoms with Gasteiger partial charge in [-0.25, -0.2) is 9.97 Å². The van der Waals surface area contributed by atoms with Gasteiger partial charge in [-0.2, -0.15) is 0 Å². The number of nitrogens with zero attached hydrogens (tertiary/aromatic N) is 2. The van der Waals surface area contributed by atoms with Gasteiger partial charge in [-0.3, -0.25) is 0 Å². The highest BCUT2D eigenvalue weighted by Crippen LogP contribution is 2.28. The van der Waals surface area contributed by atoms with E-state index < -0.39 is 0 Å². The van der Waals surface area contributed by atoms with Crippen molar-refractivity contribution in [3.8, 4) is 0 Å². The van der Waals surface area contributed by atoms with Crippen LogP contribution >= 0.6 is 0 Å². The number of ether oxygens (including phenoxy) is 1. The molecule has 0 spiro atoms. The lowest BCUT2D eigenvalue weighted by molar-refractivity contribution is 0.105. The van der Waals surface area contributed by atoms with Crippen LogP contribution in [0.15, 0.2) is 12.3 Å². The van der Waals surface area contributed by atoms with E-state index in [-0.39, 0.29) is 6.10 Å². The summed E-state index contributed by atoms with van der Waals surface area (Å²) in [5.74, 6) is 1.21. The van der Waals surface area contributed by atoms with Crippen molar-refractivity contribution in [1.82, 2.24) is 15.0 Å². The first-order valence-corrected chi connectivity index (χ1v) is 5.07. The Hall–Kier alpha value is -1.62. The Morgan fingerprint density at radius 1 is 1.47 bits per heavy atom. The number of hydrogen-bond acceptors (Lipinski definition) is 4. The SMILES string of the molecule is Nc1nc(C2CCCO2)nc2[nH]ccc12. The maximum Gasteiger partial charge on any atom is 0.161 e. The van der Waals surface area contributed by atoms with Crippen molar-refractivity contribution < 1.29 is 4.74 Å². The smallest absolute Gasteiger partial charge is 0.161 e. The summed E-state index contributed by atoms with van der Waals surface area (Å²) in [4.78, 5) is 11.7. The number of H-pyrrole nitrogens is 1. The van der Waals surface area contributed by atoms with Gasteiger partial charge in [-0.1, -0.05) is 0 Å². The molecule has 1 atom stereocenters. The molecule has 3 rings (SSSR count). The highest BCUT2D eigenvalue weighted by Gasteiger charge is 2.21. The quantitative estimate of drug-likeness (QED) is 0.735. The van der Waals surface area contributed by atoms with Gasteiger partial charge in [-0.05, 0) is 18.9 Å². The van der Waals surface area contributed by atoms with Gasteiger partial charge in [0.2, 0.25) is 0 Å². The van der Waals surface area contributed by atoms with Gasteiger partial charge in [0.1, 0.15) is 17.6 Å². The van der Waals surface area contributed by atoms with Crippen LogP contribution in [0.25, 0.3) is 11.0 Å². The lowest BCUT2D eigenvalue weighted by Gasteiger charge is -2.08. The standard InChI is InChI=1S/C10H12N4O/c11-8-6-3-4-12-9(6)14-10(13-8)7-2-1-5-15-7/h3-4,7H,1-2,5H2,(H3,11,12,13,14). The molecular weight excluding hydrogens is 192 g/mol. The fraction of sp³-hybridized carbons (Fsp3) is 0.400. The van der Waals surface area contributed by atoms with Gasteiger partial charge in [0, 0.05) is 12.8 Å². The minimum atomic E-state index is 0.0139. The third kappa shape index (κ3) is 1.35. The predicted octanol–water partition coefficient (Wildman–Crippen LogP) is 1.39. The maximum atomic E-state index is 5.84. The van der Waals surface area contributed by atoms with E-state index in [0.29, 0.717) is 11.6 Å². The summed E-state index contributed by atoms with van der Waals surface area (Å²) in [5, 5.41) is 0.872. The van der Waals surface area contributed by atoms with Crippen LogP contribution in [0.2, 0.25) is 0 Å². The monoisotopic (exact) mass is 204 g/mol. The van der Waals surface area contributed by atoms with Crippen molar-refractivity contribution in [3.63, 3.8) is 0 Å². The van der Waals surface area contributed by atoms with E-state index in [4.69, 9.17) is 10.5 Å². The van der Waals surface area contributed by atoms with E-state index in [1.807, 2.05) is 12.3 Å². The summed E-state index contributed by atoms with van der Waals surface area (Å²) in [6.07, 6.45) is 3.87. The summed E-state index contributed by atoms with van der Waals surface area (Å²) in [5.41, 5.74) is 6.63. The molecule has 3 heterocycles. The zero-order chi connectivity index (χ0) is 10.3. The van der Waals surface area contributed by atoms with Crippen LogP contribution in [0.3, 0.4) is 0 Å². The van der Waals surface area contributed by atoms with Crippen LogP contribution in [-0.2, 0) is 4.74 Å². The molecule has 0 saturated carbocycles. The third-order valence-corrected chi connectivity index (χ3v) is 2.68. The average molecular weight is 204 g/mol. The number of fused-ring (bicyclic) bond motifs is 1. The first kappa shape index (κ1) is 8.67. The lowest BCUT2D eigenvalue weighted by atomic mass is 10.2. The van der Waals surface area contributed by atoms with E-state index in [0.717, 1.165) is 30.5 Å². The zero-order valence-corrected chi connectivity index (χ0v) is 8.23. The van der Waals surface area contributed by atoms with Gasteiger partial charge in [0.15, 0.2) is 5.82 Å². The van der Waals surface area contributed by atoms with Crippen molar-refractivity contribution in [1.29, 1.82) is 0 Å². The largest absolute Gasteiger partial charge is 0.383 e. The van der Waals surface area contributed by atoms with E-state index >= 15 is 0 Å². The first-order valence-electron chi connectivity index (χ1n) is 5.07. The summed E-state index contributed by atoms with van der Waals surface area (Å²) in [6.45, 7) is 0.788. The Bertz CT molecular complexity index is 487. The Morgan fingerprint density at radius 2 is 2.40 bits per heavy atom. The van der Waals surface area contributed by atoms with Crippen molar-refractivity contribution in [2.24, 2.45) is 0 Å². The minimum absolute atomic E-state index is 0.0139. The van der Waals surface area contributed by atoms with Crippen LogP contribution < -0.4 is 5.73 Å². The molecule has 15 heavy (non-hydrogen) atoms. The molecule has 1 saturated heterocycles. The second-order valence-electron chi connectivity index (χ2n) is 3.71. The zero-order valence-electron chi connectivity index (χ0n) is 8.23. The number of aromatic amines is 1. The fourth-order valence-corrected chi connectivity index (χ4v) is 1.91. The topological polar surface area (TPSA) is 76.8 Å². The Morgan fingerprint density at radius 3 is 3.20 bits per heavy atom. The summed E-state index contributed by atoms with van der Waals surface area (Å²) in [7, 11) is 0. The molecule has 1 fully saturated rings. The van der Waals surface area contributed by atoms with Crippen LogP contribution in [0.1, 0.15) is 24.8 Å². The molecule has 0 bridgehead atoms. The molecule has 78 valence electrons. The number of anilines is 1.